The van der Waals surface area contributed by atoms with Gasteiger partial charge in [0, 0.05) is 13.0 Å². The molecule has 0 saturated carbocycles. The Balaban J connectivity index is 1.92. The summed E-state index contributed by atoms with van der Waals surface area (Å²) in [5.41, 5.74) is 0. The minimum Gasteiger partial charge on any atom is -0.483 e. The fourth-order valence-electron chi connectivity index (χ4n) is 1.69. The summed E-state index contributed by atoms with van der Waals surface area (Å²) in [7, 11) is 0. The Morgan fingerprint density at radius 1 is 1.41 bits per heavy atom. The normalized spacial score (nSPS) is 15.1. The Labute approximate surface area is 108 Å². The quantitative estimate of drug-likeness (QED) is 0.857. The zero-order valence-corrected chi connectivity index (χ0v) is 10.8. The van der Waals surface area contributed by atoms with Gasteiger partial charge in [-0.3, -0.25) is 14.5 Å². The molecule has 0 aromatic heterocycles. The minimum atomic E-state index is -0.275. The van der Waals surface area contributed by atoms with Crippen molar-refractivity contribution >= 4 is 27.7 Å². The van der Waals surface area contributed by atoms with E-state index in [9.17, 15) is 9.59 Å². The third-order valence-electron chi connectivity index (χ3n) is 2.56. The van der Waals surface area contributed by atoms with E-state index in [2.05, 4.69) is 15.9 Å². The first-order valence-electron chi connectivity index (χ1n) is 5.39. The SMILES string of the molecule is O=C1CCCN1C(=O)COc1ccccc1Br. The van der Waals surface area contributed by atoms with E-state index in [1.807, 2.05) is 18.2 Å². The summed E-state index contributed by atoms with van der Waals surface area (Å²) in [5, 5.41) is 0. The molecule has 1 aromatic rings. The molecule has 1 aliphatic heterocycles. The number of halogens is 1. The molecule has 1 aliphatic rings. The minimum absolute atomic E-state index is 0.103. The van der Waals surface area contributed by atoms with Crippen LogP contribution in [0.4, 0.5) is 0 Å². The topological polar surface area (TPSA) is 46.6 Å². The third kappa shape index (κ3) is 2.85. The van der Waals surface area contributed by atoms with Gasteiger partial charge in [-0.2, -0.15) is 0 Å². The molecule has 17 heavy (non-hydrogen) atoms. The highest BCUT2D eigenvalue weighted by molar-refractivity contribution is 9.10. The molecule has 1 heterocycles. The number of rotatable bonds is 3. The van der Waals surface area contributed by atoms with Crippen LogP contribution in [0.1, 0.15) is 12.8 Å². The maximum atomic E-state index is 11.7. The summed E-state index contributed by atoms with van der Waals surface area (Å²) in [6, 6.07) is 7.29. The number of nitrogens with zero attached hydrogens (tertiary/aromatic N) is 1. The number of benzene rings is 1. The first-order valence-corrected chi connectivity index (χ1v) is 6.18. The molecule has 0 spiro atoms. The van der Waals surface area contributed by atoms with E-state index < -0.39 is 0 Å². The van der Waals surface area contributed by atoms with Gasteiger partial charge in [0.15, 0.2) is 6.61 Å². The van der Waals surface area contributed by atoms with Crippen LogP contribution in [0.5, 0.6) is 5.75 Å². The lowest BCUT2D eigenvalue weighted by molar-refractivity contribution is -0.143. The van der Waals surface area contributed by atoms with Gasteiger partial charge in [0.2, 0.25) is 5.91 Å². The number of carbonyl (C=O) groups is 2. The largest absolute Gasteiger partial charge is 0.483 e. The van der Waals surface area contributed by atoms with Crippen molar-refractivity contribution in [3.8, 4) is 5.75 Å². The van der Waals surface area contributed by atoms with Gasteiger partial charge in [0.25, 0.3) is 5.91 Å². The molecule has 2 rings (SSSR count). The number of imide groups is 1. The molecule has 5 heteroatoms. The average molecular weight is 298 g/mol. The standard InChI is InChI=1S/C12H12BrNO3/c13-9-4-1-2-5-10(9)17-8-12(16)14-7-3-6-11(14)15/h1-2,4-5H,3,6-8H2. The first-order chi connectivity index (χ1) is 8.18. The van der Waals surface area contributed by atoms with Crippen LogP contribution < -0.4 is 4.74 Å². The van der Waals surface area contributed by atoms with Crippen LogP contribution in [0.15, 0.2) is 28.7 Å². The number of hydrogen-bond acceptors (Lipinski definition) is 3. The highest BCUT2D eigenvalue weighted by Crippen LogP contribution is 2.23. The molecule has 0 unspecified atom stereocenters. The van der Waals surface area contributed by atoms with Gasteiger partial charge < -0.3 is 4.74 Å². The number of carbonyl (C=O) groups excluding carboxylic acids is 2. The number of para-hydroxylation sites is 1. The smallest absolute Gasteiger partial charge is 0.267 e. The van der Waals surface area contributed by atoms with Gasteiger partial charge in [-0.05, 0) is 34.5 Å². The van der Waals surface area contributed by atoms with Crippen LogP contribution in [0.2, 0.25) is 0 Å². The predicted octanol–water partition coefficient (Wildman–Crippen LogP) is 1.98. The van der Waals surface area contributed by atoms with Crippen LogP contribution in [0.25, 0.3) is 0 Å². The molecule has 1 saturated heterocycles. The molecule has 90 valence electrons. The zero-order valence-electron chi connectivity index (χ0n) is 9.19. The molecule has 0 aliphatic carbocycles. The van der Waals surface area contributed by atoms with Gasteiger partial charge >= 0.3 is 0 Å². The lowest BCUT2D eigenvalue weighted by Crippen LogP contribution is -2.35. The molecule has 0 radical (unpaired) electrons. The van der Waals surface area contributed by atoms with E-state index in [0.717, 1.165) is 10.9 Å². The summed E-state index contributed by atoms with van der Waals surface area (Å²) in [5.74, 6) is 0.224. The summed E-state index contributed by atoms with van der Waals surface area (Å²) < 4.78 is 6.16. The van der Waals surface area contributed by atoms with Gasteiger partial charge in [0.05, 0.1) is 4.47 Å². The maximum Gasteiger partial charge on any atom is 0.267 e. The number of amides is 2. The molecule has 1 fully saturated rings. The Hall–Kier alpha value is -1.36. The van der Waals surface area contributed by atoms with Crippen LogP contribution in [0.3, 0.4) is 0 Å². The Morgan fingerprint density at radius 2 is 2.18 bits per heavy atom. The van der Waals surface area contributed by atoms with Gasteiger partial charge in [-0.25, -0.2) is 0 Å². The van der Waals surface area contributed by atoms with Gasteiger partial charge in [0.1, 0.15) is 5.75 Å². The number of ether oxygens (including phenoxy) is 1. The second-order valence-electron chi connectivity index (χ2n) is 3.76. The van der Waals surface area contributed by atoms with Gasteiger partial charge in [-0.1, -0.05) is 12.1 Å². The Kier molecular flexibility index (Phi) is 3.78. The van der Waals surface area contributed by atoms with Crippen LogP contribution in [-0.4, -0.2) is 29.9 Å². The fraction of sp³-hybridized carbons (Fsp3) is 0.333. The zero-order chi connectivity index (χ0) is 12.3. The summed E-state index contributed by atoms with van der Waals surface area (Å²) >= 11 is 3.32. The molecule has 0 bridgehead atoms. The molecule has 2 amide bonds. The van der Waals surface area contributed by atoms with Crippen molar-refractivity contribution < 1.29 is 14.3 Å². The van der Waals surface area contributed by atoms with Crippen LogP contribution in [0, 0.1) is 0 Å². The molecular weight excluding hydrogens is 286 g/mol. The van der Waals surface area contributed by atoms with Crippen molar-refractivity contribution in [2.45, 2.75) is 12.8 Å². The summed E-state index contributed by atoms with van der Waals surface area (Å²) in [4.78, 5) is 24.3. The molecule has 0 N–H and O–H groups in total. The number of hydrogen-bond donors (Lipinski definition) is 0. The second kappa shape index (κ2) is 5.31. The Bertz CT molecular complexity index is 447. The second-order valence-corrected chi connectivity index (χ2v) is 4.62. The van der Waals surface area contributed by atoms with Gasteiger partial charge in [-0.15, -0.1) is 0 Å². The maximum absolute atomic E-state index is 11.7. The average Bonchev–Trinajstić information content (AvgIpc) is 2.74. The van der Waals surface area contributed by atoms with E-state index in [-0.39, 0.29) is 18.4 Å². The van der Waals surface area contributed by atoms with Crippen molar-refractivity contribution in [3.63, 3.8) is 0 Å². The lowest BCUT2D eigenvalue weighted by atomic mass is 10.3. The predicted molar refractivity (Wildman–Crippen MR) is 65.6 cm³/mol. The third-order valence-corrected chi connectivity index (χ3v) is 3.22. The monoisotopic (exact) mass is 297 g/mol. The Morgan fingerprint density at radius 3 is 2.82 bits per heavy atom. The van der Waals surface area contributed by atoms with Crippen molar-refractivity contribution in [2.24, 2.45) is 0 Å². The van der Waals surface area contributed by atoms with E-state index in [4.69, 9.17) is 4.74 Å². The lowest BCUT2D eigenvalue weighted by Gasteiger charge is -2.14. The summed E-state index contributed by atoms with van der Waals surface area (Å²) in [6.07, 6.45) is 1.21. The van der Waals surface area contributed by atoms with Crippen molar-refractivity contribution in [3.05, 3.63) is 28.7 Å². The van der Waals surface area contributed by atoms with Crippen molar-refractivity contribution in [2.75, 3.05) is 13.2 Å². The molecular formula is C12H12BrNO3. The first kappa shape index (κ1) is 12.1. The van der Waals surface area contributed by atoms with Crippen molar-refractivity contribution in [1.29, 1.82) is 0 Å². The molecule has 1 aromatic carbocycles. The molecule has 4 nitrogen and oxygen atoms in total. The highest BCUT2D eigenvalue weighted by Gasteiger charge is 2.26. The van der Waals surface area contributed by atoms with Crippen LogP contribution >= 0.6 is 15.9 Å². The van der Waals surface area contributed by atoms with E-state index in [1.165, 1.54) is 4.90 Å². The number of likely N-dealkylation sites (tertiary alicyclic amines) is 1. The summed E-state index contributed by atoms with van der Waals surface area (Å²) in [6.45, 7) is 0.408. The van der Waals surface area contributed by atoms with E-state index in [0.29, 0.717) is 18.7 Å². The van der Waals surface area contributed by atoms with Crippen LogP contribution in [-0.2, 0) is 9.59 Å². The van der Waals surface area contributed by atoms with E-state index >= 15 is 0 Å². The van der Waals surface area contributed by atoms with Crippen molar-refractivity contribution in [1.82, 2.24) is 4.90 Å². The highest BCUT2D eigenvalue weighted by atomic mass is 79.9. The molecule has 0 atom stereocenters. The van der Waals surface area contributed by atoms with E-state index in [1.54, 1.807) is 6.07 Å². The fourth-order valence-corrected chi connectivity index (χ4v) is 2.09.